The minimum atomic E-state index is 0.803. The highest BCUT2D eigenvalue weighted by molar-refractivity contribution is 5.44. The van der Waals surface area contributed by atoms with Crippen molar-refractivity contribution in [2.45, 2.75) is 6.54 Å². The fourth-order valence-electron chi connectivity index (χ4n) is 2.07. The molecule has 0 spiro atoms. The van der Waals surface area contributed by atoms with Crippen LogP contribution in [0.3, 0.4) is 0 Å². The van der Waals surface area contributed by atoms with E-state index in [1.54, 1.807) is 14.2 Å². The van der Waals surface area contributed by atoms with E-state index in [4.69, 9.17) is 14.2 Å². The van der Waals surface area contributed by atoms with Gasteiger partial charge < -0.3 is 14.2 Å². The summed E-state index contributed by atoms with van der Waals surface area (Å²) in [6.45, 7) is 4.37. The lowest BCUT2D eigenvalue weighted by Crippen LogP contribution is -2.35. The van der Waals surface area contributed by atoms with Crippen LogP contribution in [0.4, 0.5) is 0 Å². The molecular weight excluding hydrogens is 218 g/mol. The Morgan fingerprint density at radius 3 is 2.24 bits per heavy atom. The number of ether oxygens (including phenoxy) is 3. The van der Waals surface area contributed by atoms with Crippen LogP contribution in [-0.2, 0) is 11.3 Å². The van der Waals surface area contributed by atoms with Crippen LogP contribution in [0.25, 0.3) is 0 Å². The van der Waals surface area contributed by atoms with E-state index in [2.05, 4.69) is 4.90 Å². The Balaban J connectivity index is 2.16. The lowest BCUT2D eigenvalue weighted by molar-refractivity contribution is 0.0335. The summed E-state index contributed by atoms with van der Waals surface area (Å²) in [6.07, 6.45) is 0. The van der Waals surface area contributed by atoms with Crippen molar-refractivity contribution in [3.05, 3.63) is 23.8 Å². The fraction of sp³-hybridized carbons (Fsp3) is 0.538. The van der Waals surface area contributed by atoms with Gasteiger partial charge in [0.05, 0.1) is 33.0 Å². The van der Waals surface area contributed by atoms with Crippen LogP contribution in [0.5, 0.6) is 11.5 Å². The van der Waals surface area contributed by atoms with Gasteiger partial charge >= 0.3 is 0 Å². The van der Waals surface area contributed by atoms with Crippen LogP contribution < -0.4 is 9.47 Å². The summed E-state index contributed by atoms with van der Waals surface area (Å²) in [6, 6.07) is 5.89. The summed E-state index contributed by atoms with van der Waals surface area (Å²) < 4.78 is 16.1. The van der Waals surface area contributed by atoms with Gasteiger partial charge in [-0.1, -0.05) is 6.07 Å². The van der Waals surface area contributed by atoms with E-state index in [0.717, 1.165) is 49.9 Å². The first kappa shape index (κ1) is 12.2. The highest BCUT2D eigenvalue weighted by Crippen LogP contribution is 2.29. The topological polar surface area (TPSA) is 30.9 Å². The van der Waals surface area contributed by atoms with Crippen molar-refractivity contribution in [1.82, 2.24) is 4.90 Å². The van der Waals surface area contributed by atoms with Gasteiger partial charge in [0.15, 0.2) is 0 Å². The highest BCUT2D eigenvalue weighted by Gasteiger charge is 2.16. The van der Waals surface area contributed by atoms with Crippen molar-refractivity contribution in [2.24, 2.45) is 0 Å². The molecule has 0 amide bonds. The molecule has 1 saturated heterocycles. The van der Waals surface area contributed by atoms with Crippen LogP contribution in [0, 0.1) is 0 Å². The van der Waals surface area contributed by atoms with Crippen LogP contribution in [0.2, 0.25) is 0 Å². The predicted molar refractivity (Wildman–Crippen MR) is 65.6 cm³/mol. The second-order valence-corrected chi connectivity index (χ2v) is 4.03. The first-order chi connectivity index (χ1) is 8.35. The van der Waals surface area contributed by atoms with Crippen LogP contribution in [0.1, 0.15) is 5.56 Å². The summed E-state index contributed by atoms with van der Waals surface area (Å²) in [5, 5.41) is 0. The molecule has 1 aromatic rings. The molecule has 0 radical (unpaired) electrons. The Morgan fingerprint density at radius 1 is 1.12 bits per heavy atom. The van der Waals surface area contributed by atoms with Crippen molar-refractivity contribution >= 4 is 0 Å². The fourth-order valence-corrected chi connectivity index (χ4v) is 2.07. The molecule has 0 bridgehead atoms. The molecule has 4 heteroatoms. The molecular formula is C13H19NO3. The third kappa shape index (κ3) is 2.90. The summed E-state index contributed by atoms with van der Waals surface area (Å²) in [5.41, 5.74) is 1.11. The lowest BCUT2D eigenvalue weighted by atomic mass is 10.1. The molecule has 2 rings (SSSR count). The number of benzene rings is 1. The van der Waals surface area contributed by atoms with E-state index >= 15 is 0 Å². The summed E-state index contributed by atoms with van der Waals surface area (Å²) in [4.78, 5) is 2.35. The maximum atomic E-state index is 5.39. The molecule has 0 aromatic heterocycles. The number of hydrogen-bond acceptors (Lipinski definition) is 4. The molecule has 94 valence electrons. The molecule has 0 atom stereocenters. The molecule has 0 unspecified atom stereocenters. The zero-order chi connectivity index (χ0) is 12.1. The second kappa shape index (κ2) is 5.89. The van der Waals surface area contributed by atoms with Gasteiger partial charge in [0.2, 0.25) is 0 Å². The molecule has 0 saturated carbocycles. The maximum absolute atomic E-state index is 5.39. The van der Waals surface area contributed by atoms with Crippen molar-refractivity contribution < 1.29 is 14.2 Å². The zero-order valence-corrected chi connectivity index (χ0v) is 10.4. The minimum absolute atomic E-state index is 0.803. The minimum Gasteiger partial charge on any atom is -0.496 e. The molecule has 0 N–H and O–H groups in total. The van der Waals surface area contributed by atoms with E-state index < -0.39 is 0 Å². The van der Waals surface area contributed by atoms with Gasteiger partial charge in [-0.15, -0.1) is 0 Å². The number of methoxy groups -OCH3 is 2. The van der Waals surface area contributed by atoms with Gasteiger partial charge in [-0.05, 0) is 12.1 Å². The number of hydrogen-bond donors (Lipinski definition) is 0. The Morgan fingerprint density at radius 2 is 1.71 bits per heavy atom. The van der Waals surface area contributed by atoms with E-state index in [9.17, 15) is 0 Å². The van der Waals surface area contributed by atoms with Crippen molar-refractivity contribution in [1.29, 1.82) is 0 Å². The van der Waals surface area contributed by atoms with Gasteiger partial charge in [-0.2, -0.15) is 0 Å². The van der Waals surface area contributed by atoms with Gasteiger partial charge in [-0.3, -0.25) is 4.90 Å². The van der Waals surface area contributed by atoms with E-state index in [0.29, 0.717) is 0 Å². The first-order valence-corrected chi connectivity index (χ1v) is 5.85. The van der Waals surface area contributed by atoms with Crippen molar-refractivity contribution in [2.75, 3.05) is 40.5 Å². The van der Waals surface area contributed by atoms with E-state index in [1.165, 1.54) is 0 Å². The van der Waals surface area contributed by atoms with Gasteiger partial charge in [-0.25, -0.2) is 0 Å². The number of morpholine rings is 1. The van der Waals surface area contributed by atoms with Gasteiger partial charge in [0.1, 0.15) is 11.5 Å². The summed E-state index contributed by atoms with van der Waals surface area (Å²) in [5.74, 6) is 1.77. The highest BCUT2D eigenvalue weighted by atomic mass is 16.5. The summed E-state index contributed by atoms with van der Waals surface area (Å²) >= 11 is 0. The molecule has 1 fully saturated rings. The second-order valence-electron chi connectivity index (χ2n) is 4.03. The van der Waals surface area contributed by atoms with Gasteiger partial charge in [0.25, 0.3) is 0 Å². The first-order valence-electron chi connectivity index (χ1n) is 5.85. The third-order valence-corrected chi connectivity index (χ3v) is 3.02. The zero-order valence-electron chi connectivity index (χ0n) is 10.4. The van der Waals surface area contributed by atoms with E-state index in [-0.39, 0.29) is 0 Å². The number of nitrogens with zero attached hydrogens (tertiary/aromatic N) is 1. The normalized spacial score (nSPS) is 16.8. The largest absolute Gasteiger partial charge is 0.496 e. The Labute approximate surface area is 102 Å². The van der Waals surface area contributed by atoms with E-state index in [1.807, 2.05) is 18.2 Å². The van der Waals surface area contributed by atoms with Crippen LogP contribution >= 0.6 is 0 Å². The average molecular weight is 237 g/mol. The van der Waals surface area contributed by atoms with Crippen LogP contribution in [-0.4, -0.2) is 45.4 Å². The Kier molecular flexibility index (Phi) is 4.23. The molecule has 17 heavy (non-hydrogen) atoms. The summed E-state index contributed by atoms with van der Waals surface area (Å²) in [7, 11) is 3.38. The molecule has 1 aromatic carbocycles. The molecule has 1 aliphatic rings. The molecule has 1 heterocycles. The Hall–Kier alpha value is -1.26. The lowest BCUT2D eigenvalue weighted by Gasteiger charge is -2.27. The quantitative estimate of drug-likeness (QED) is 0.794. The molecule has 4 nitrogen and oxygen atoms in total. The monoisotopic (exact) mass is 237 g/mol. The molecule has 1 aliphatic heterocycles. The van der Waals surface area contributed by atoms with Crippen LogP contribution in [0.15, 0.2) is 18.2 Å². The maximum Gasteiger partial charge on any atom is 0.127 e. The number of rotatable bonds is 4. The Bertz CT molecular complexity index is 339. The standard InChI is InChI=1S/C13H19NO3/c1-15-12-4-3-5-13(16-2)11(12)10-14-6-8-17-9-7-14/h3-5H,6-10H2,1-2H3. The third-order valence-electron chi connectivity index (χ3n) is 3.02. The van der Waals surface area contributed by atoms with Crippen molar-refractivity contribution in [3.63, 3.8) is 0 Å². The van der Waals surface area contributed by atoms with Crippen molar-refractivity contribution in [3.8, 4) is 11.5 Å². The van der Waals surface area contributed by atoms with Gasteiger partial charge in [0, 0.05) is 19.6 Å². The smallest absolute Gasteiger partial charge is 0.127 e. The SMILES string of the molecule is COc1cccc(OC)c1CN1CCOCC1. The predicted octanol–water partition coefficient (Wildman–Crippen LogP) is 1.54. The molecule has 0 aliphatic carbocycles. The average Bonchev–Trinajstić information content (AvgIpc) is 2.40.